The zero-order chi connectivity index (χ0) is 31.6. The summed E-state index contributed by atoms with van der Waals surface area (Å²) in [6, 6.07) is 24.8. The molecule has 0 aromatic heterocycles. The van der Waals surface area contributed by atoms with E-state index in [-0.39, 0.29) is 43.1 Å². The van der Waals surface area contributed by atoms with Crippen LogP contribution >= 0.6 is 22.6 Å². The highest BCUT2D eigenvalue weighted by Gasteiger charge is 2.20. The Morgan fingerprint density at radius 3 is 1.86 bits per heavy atom. The van der Waals surface area contributed by atoms with Gasteiger partial charge in [-0.1, -0.05) is 48.9 Å². The van der Waals surface area contributed by atoms with Crippen LogP contribution in [-0.4, -0.2) is 68.4 Å². The number of ether oxygens (including phenoxy) is 1. The summed E-state index contributed by atoms with van der Waals surface area (Å²) in [5, 5.41) is 8.62. The molecular formula is C34H41IN4O5. The van der Waals surface area contributed by atoms with Gasteiger partial charge in [0.1, 0.15) is 18.8 Å². The summed E-state index contributed by atoms with van der Waals surface area (Å²) in [5.41, 5.74) is 2.76. The summed E-state index contributed by atoms with van der Waals surface area (Å²) in [6.07, 6.45) is 3.54. The molecule has 0 heterocycles. The topological polar surface area (TPSA) is 117 Å². The van der Waals surface area contributed by atoms with Crippen molar-refractivity contribution in [2.75, 3.05) is 39.8 Å². The van der Waals surface area contributed by atoms with Crippen molar-refractivity contribution in [3.63, 3.8) is 0 Å². The molecule has 3 N–H and O–H groups in total. The van der Waals surface area contributed by atoms with Crippen molar-refractivity contribution in [1.29, 1.82) is 0 Å². The number of carbonyl (C=O) groups is 4. The molecule has 3 aromatic rings. The summed E-state index contributed by atoms with van der Waals surface area (Å²) in [7, 11) is 1.61. The summed E-state index contributed by atoms with van der Waals surface area (Å²) in [5.74, 6) is -0.238. The minimum Gasteiger partial charge on any atom is -0.497 e. The molecule has 0 bridgehead atoms. The molecule has 4 amide bonds. The van der Waals surface area contributed by atoms with E-state index in [4.69, 9.17) is 4.74 Å². The van der Waals surface area contributed by atoms with Crippen LogP contribution in [-0.2, 0) is 27.2 Å². The average Bonchev–Trinajstić information content (AvgIpc) is 3.03. The molecule has 0 aliphatic carbocycles. The molecule has 44 heavy (non-hydrogen) atoms. The molecule has 0 unspecified atom stereocenters. The van der Waals surface area contributed by atoms with Crippen molar-refractivity contribution in [3.05, 3.63) is 99.1 Å². The fourth-order valence-electron chi connectivity index (χ4n) is 4.46. The lowest BCUT2D eigenvalue weighted by atomic mass is 10.1. The van der Waals surface area contributed by atoms with Crippen LogP contribution in [0.4, 0.5) is 0 Å². The van der Waals surface area contributed by atoms with Gasteiger partial charge in [-0.25, -0.2) is 0 Å². The van der Waals surface area contributed by atoms with Gasteiger partial charge in [0.25, 0.3) is 5.91 Å². The first-order valence-electron chi connectivity index (χ1n) is 14.9. The predicted octanol–water partition coefficient (Wildman–Crippen LogP) is 4.14. The Hall–Kier alpha value is -3.93. The zero-order valence-corrected chi connectivity index (χ0v) is 27.3. The van der Waals surface area contributed by atoms with Crippen LogP contribution < -0.4 is 20.7 Å². The van der Waals surface area contributed by atoms with E-state index in [1.807, 2.05) is 66.7 Å². The van der Waals surface area contributed by atoms with Crippen molar-refractivity contribution >= 4 is 46.2 Å². The number of unbranched alkanes of at least 4 members (excludes halogenated alkanes) is 2. The Kier molecular flexibility index (Phi) is 15.2. The summed E-state index contributed by atoms with van der Waals surface area (Å²) in [4.78, 5) is 52.1. The van der Waals surface area contributed by atoms with Gasteiger partial charge in [0.15, 0.2) is 0 Å². The second-order valence-electron chi connectivity index (χ2n) is 10.4. The Morgan fingerprint density at radius 1 is 0.682 bits per heavy atom. The first kappa shape index (κ1) is 34.6. The minimum absolute atomic E-state index is 0.125. The van der Waals surface area contributed by atoms with Crippen LogP contribution in [0, 0.1) is 3.57 Å². The zero-order valence-electron chi connectivity index (χ0n) is 25.2. The highest BCUT2D eigenvalue weighted by Crippen LogP contribution is 2.11. The van der Waals surface area contributed by atoms with E-state index in [1.165, 1.54) is 4.90 Å². The third kappa shape index (κ3) is 13.2. The van der Waals surface area contributed by atoms with Crippen molar-refractivity contribution in [2.24, 2.45) is 0 Å². The van der Waals surface area contributed by atoms with E-state index in [2.05, 4.69) is 38.5 Å². The van der Waals surface area contributed by atoms with Gasteiger partial charge in [0.2, 0.25) is 17.7 Å². The number of benzene rings is 3. The molecular weight excluding hydrogens is 671 g/mol. The predicted molar refractivity (Wildman–Crippen MR) is 179 cm³/mol. The summed E-state index contributed by atoms with van der Waals surface area (Å²) >= 11 is 2.19. The number of nitrogens with zero attached hydrogens (tertiary/aromatic N) is 1. The van der Waals surface area contributed by atoms with Crippen LogP contribution in [0.25, 0.3) is 0 Å². The number of rotatable bonds is 18. The van der Waals surface area contributed by atoms with Crippen LogP contribution in [0.2, 0.25) is 0 Å². The van der Waals surface area contributed by atoms with Crippen molar-refractivity contribution in [1.82, 2.24) is 20.9 Å². The van der Waals surface area contributed by atoms with Gasteiger partial charge in [-0.05, 0) is 95.8 Å². The molecule has 0 atom stereocenters. The largest absolute Gasteiger partial charge is 0.497 e. The molecule has 0 saturated carbocycles. The number of hydrogen-bond acceptors (Lipinski definition) is 5. The smallest absolute Gasteiger partial charge is 0.251 e. The molecule has 10 heteroatoms. The molecule has 0 saturated heterocycles. The number of hydrogen-bond donors (Lipinski definition) is 3. The molecule has 9 nitrogen and oxygen atoms in total. The highest BCUT2D eigenvalue weighted by molar-refractivity contribution is 14.1. The molecule has 3 aromatic carbocycles. The molecule has 0 spiro atoms. The van der Waals surface area contributed by atoms with Crippen molar-refractivity contribution in [2.45, 2.75) is 38.5 Å². The Labute approximate surface area is 273 Å². The van der Waals surface area contributed by atoms with Crippen molar-refractivity contribution < 1.29 is 23.9 Å². The number of methoxy groups -OCH3 is 1. The normalized spacial score (nSPS) is 10.5. The lowest BCUT2D eigenvalue weighted by molar-refractivity contribution is -0.139. The minimum atomic E-state index is -0.317. The van der Waals surface area contributed by atoms with E-state index in [0.717, 1.165) is 33.3 Å². The maximum atomic E-state index is 13.1. The molecule has 0 aliphatic heterocycles. The van der Waals surface area contributed by atoms with Crippen molar-refractivity contribution in [3.8, 4) is 5.75 Å². The number of halogens is 1. The fraction of sp³-hybridized carbons (Fsp3) is 0.353. The maximum absolute atomic E-state index is 13.1. The quantitative estimate of drug-likeness (QED) is 0.136. The third-order valence-corrected chi connectivity index (χ3v) is 7.67. The van der Waals surface area contributed by atoms with Gasteiger partial charge >= 0.3 is 0 Å². The van der Waals surface area contributed by atoms with Gasteiger partial charge in [-0.3, -0.25) is 19.2 Å². The molecule has 234 valence electrons. The van der Waals surface area contributed by atoms with Gasteiger partial charge in [-0.2, -0.15) is 0 Å². The summed E-state index contributed by atoms with van der Waals surface area (Å²) in [6.45, 7) is 0.964. The lowest BCUT2D eigenvalue weighted by Crippen LogP contribution is -2.46. The molecule has 0 radical (unpaired) electrons. The van der Waals surface area contributed by atoms with E-state index in [0.29, 0.717) is 44.5 Å². The third-order valence-electron chi connectivity index (χ3n) is 6.95. The first-order chi connectivity index (χ1) is 21.3. The summed E-state index contributed by atoms with van der Waals surface area (Å²) < 4.78 is 6.24. The van der Waals surface area contributed by atoms with E-state index >= 15 is 0 Å². The number of nitrogens with one attached hydrogen (secondary N) is 3. The fourth-order valence-corrected chi connectivity index (χ4v) is 4.82. The highest BCUT2D eigenvalue weighted by atomic mass is 127. The molecule has 0 fully saturated rings. The monoisotopic (exact) mass is 712 g/mol. The van der Waals surface area contributed by atoms with E-state index in [9.17, 15) is 19.2 Å². The average molecular weight is 713 g/mol. The van der Waals surface area contributed by atoms with Gasteiger partial charge < -0.3 is 25.6 Å². The number of carbonyl (C=O) groups excluding carboxylic acids is 4. The first-order valence-corrected chi connectivity index (χ1v) is 15.9. The van der Waals surface area contributed by atoms with Crippen LogP contribution in [0.5, 0.6) is 5.75 Å². The second-order valence-corrected chi connectivity index (χ2v) is 11.6. The van der Waals surface area contributed by atoms with Gasteiger partial charge in [0, 0.05) is 35.2 Å². The Bertz CT molecular complexity index is 1330. The number of amides is 4. The standard InChI is InChI=1S/C34H41IN4O5/c1-44-30-17-11-27(12-18-30)20-23-37-32(41)25-39(24-31(40)36-22-19-26-8-4-2-5-9-26)33(42)10-6-3-7-21-38-34(43)28-13-15-29(35)16-14-28/h2,4-5,8-9,11-18H,3,6-7,10,19-25H2,1H3,(H,36,40)(H,37,41)(H,38,43). The van der Waals surface area contributed by atoms with E-state index < -0.39 is 0 Å². The van der Waals surface area contributed by atoms with E-state index in [1.54, 1.807) is 19.2 Å². The van der Waals surface area contributed by atoms with Crippen LogP contribution in [0.3, 0.4) is 0 Å². The molecule has 3 rings (SSSR count). The SMILES string of the molecule is COc1ccc(CCNC(=O)CN(CC(=O)NCCc2ccccc2)C(=O)CCCCCNC(=O)c2ccc(I)cc2)cc1. The van der Waals surface area contributed by atoms with Gasteiger partial charge in [-0.15, -0.1) is 0 Å². The van der Waals surface area contributed by atoms with Crippen LogP contribution in [0.1, 0.15) is 47.2 Å². The Balaban J connectivity index is 1.43. The van der Waals surface area contributed by atoms with Crippen LogP contribution in [0.15, 0.2) is 78.9 Å². The molecule has 0 aliphatic rings. The van der Waals surface area contributed by atoms with Gasteiger partial charge in [0.05, 0.1) is 7.11 Å². The maximum Gasteiger partial charge on any atom is 0.251 e. The second kappa shape index (κ2) is 19.4. The Morgan fingerprint density at radius 2 is 1.27 bits per heavy atom. The lowest BCUT2D eigenvalue weighted by Gasteiger charge is -2.22.